The van der Waals surface area contributed by atoms with Crippen LogP contribution in [0.1, 0.15) is 44.0 Å². The number of nitrogens with two attached hydrogens (primary N) is 1. The number of benzene rings is 1. The van der Waals surface area contributed by atoms with E-state index in [0.717, 1.165) is 0 Å². The summed E-state index contributed by atoms with van der Waals surface area (Å²) in [7, 11) is 1.63. The molecule has 2 amide bonds. The third-order valence-corrected chi connectivity index (χ3v) is 4.21. The molecule has 0 spiro atoms. The molecule has 8 nitrogen and oxygen atoms in total. The lowest BCUT2D eigenvalue weighted by atomic mass is 10.1. The smallest absolute Gasteiger partial charge is 0.410 e. The number of hydrogen-bond acceptors (Lipinski definition) is 6. The quantitative estimate of drug-likeness (QED) is 0.787. The van der Waals surface area contributed by atoms with E-state index in [4.69, 9.17) is 15.3 Å². The van der Waals surface area contributed by atoms with Crippen LogP contribution >= 0.6 is 0 Å². The second-order valence-corrected chi connectivity index (χ2v) is 7.64. The first kappa shape index (κ1) is 20.7. The first-order chi connectivity index (χ1) is 12.6. The molecule has 0 bridgehead atoms. The third-order valence-electron chi connectivity index (χ3n) is 4.21. The second kappa shape index (κ2) is 8.39. The molecule has 148 valence electrons. The summed E-state index contributed by atoms with van der Waals surface area (Å²) in [5, 5.41) is 1.42. The molecular weight excluding hydrogens is 350 g/mol. The monoisotopic (exact) mass is 377 g/mol. The van der Waals surface area contributed by atoms with Crippen LogP contribution in [0.3, 0.4) is 0 Å². The SMILES string of the molecule is CN(OC(=O)c1ccccc1)[C@@H]1C[C@H](CC(N)=O)N(C(=O)OC(C)(C)C)C1. The summed E-state index contributed by atoms with van der Waals surface area (Å²) >= 11 is 0. The highest BCUT2D eigenvalue weighted by atomic mass is 16.7. The molecule has 8 heteroatoms. The lowest BCUT2D eigenvalue weighted by Gasteiger charge is -2.28. The van der Waals surface area contributed by atoms with Crippen LogP contribution in [0.4, 0.5) is 4.79 Å². The zero-order valence-corrected chi connectivity index (χ0v) is 16.2. The number of nitrogens with zero attached hydrogens (tertiary/aromatic N) is 2. The summed E-state index contributed by atoms with van der Waals surface area (Å²) < 4.78 is 5.42. The minimum absolute atomic E-state index is 0.0240. The number of ether oxygens (including phenoxy) is 1. The van der Waals surface area contributed by atoms with Crippen LogP contribution in [0.5, 0.6) is 0 Å². The third kappa shape index (κ3) is 5.96. The summed E-state index contributed by atoms with van der Waals surface area (Å²) in [5.74, 6) is -0.988. The van der Waals surface area contributed by atoms with Crippen molar-refractivity contribution >= 4 is 18.0 Å². The summed E-state index contributed by atoms with van der Waals surface area (Å²) in [4.78, 5) is 43.0. The average Bonchev–Trinajstić information content (AvgIpc) is 2.97. The number of carbonyl (C=O) groups is 3. The Labute approximate surface area is 159 Å². The first-order valence-corrected chi connectivity index (χ1v) is 8.85. The van der Waals surface area contributed by atoms with Gasteiger partial charge in [0.15, 0.2) is 0 Å². The molecule has 0 aromatic heterocycles. The van der Waals surface area contributed by atoms with Gasteiger partial charge in [-0.25, -0.2) is 9.59 Å². The molecule has 1 aromatic carbocycles. The van der Waals surface area contributed by atoms with E-state index < -0.39 is 29.6 Å². The minimum Gasteiger partial charge on any atom is -0.444 e. The van der Waals surface area contributed by atoms with E-state index in [1.165, 1.54) is 9.96 Å². The van der Waals surface area contributed by atoms with E-state index in [2.05, 4.69) is 0 Å². The van der Waals surface area contributed by atoms with Gasteiger partial charge in [0, 0.05) is 26.1 Å². The number of likely N-dealkylation sites (tertiary alicyclic amines) is 1. The normalized spacial score (nSPS) is 19.8. The highest BCUT2D eigenvalue weighted by molar-refractivity contribution is 5.89. The topological polar surface area (TPSA) is 102 Å². The summed E-state index contributed by atoms with van der Waals surface area (Å²) in [6.07, 6.45) is -0.0456. The number of carbonyl (C=O) groups excluding carboxylic acids is 3. The molecule has 0 saturated carbocycles. The fraction of sp³-hybridized carbons (Fsp3) is 0.526. The molecule has 0 aliphatic carbocycles. The van der Waals surface area contributed by atoms with Crippen LogP contribution < -0.4 is 5.73 Å². The predicted molar refractivity (Wildman–Crippen MR) is 98.6 cm³/mol. The second-order valence-electron chi connectivity index (χ2n) is 7.64. The zero-order chi connectivity index (χ0) is 20.2. The highest BCUT2D eigenvalue weighted by Gasteiger charge is 2.40. The molecule has 1 aliphatic rings. The van der Waals surface area contributed by atoms with Crippen molar-refractivity contribution in [2.45, 2.75) is 51.3 Å². The van der Waals surface area contributed by atoms with E-state index >= 15 is 0 Å². The van der Waals surface area contributed by atoms with Gasteiger partial charge in [-0.15, -0.1) is 5.06 Å². The molecule has 2 rings (SSSR count). The maximum absolute atomic E-state index is 12.5. The average molecular weight is 377 g/mol. The van der Waals surface area contributed by atoms with Crippen LogP contribution in [0.15, 0.2) is 30.3 Å². The maximum atomic E-state index is 12.5. The van der Waals surface area contributed by atoms with E-state index in [9.17, 15) is 14.4 Å². The van der Waals surface area contributed by atoms with Gasteiger partial charge in [-0.1, -0.05) is 18.2 Å². The molecule has 0 radical (unpaired) electrons. The number of hydroxylamine groups is 2. The Morgan fingerprint density at radius 1 is 1.22 bits per heavy atom. The Bertz CT molecular complexity index is 686. The number of amides is 2. The van der Waals surface area contributed by atoms with Crippen molar-refractivity contribution in [1.82, 2.24) is 9.96 Å². The van der Waals surface area contributed by atoms with Gasteiger partial charge in [-0.2, -0.15) is 0 Å². The Hall–Kier alpha value is -2.61. The molecule has 0 unspecified atom stereocenters. The van der Waals surface area contributed by atoms with Gasteiger partial charge in [0.05, 0.1) is 11.6 Å². The van der Waals surface area contributed by atoms with Gasteiger partial charge in [-0.05, 0) is 39.3 Å². The molecule has 2 N–H and O–H groups in total. The van der Waals surface area contributed by atoms with Gasteiger partial charge in [0.2, 0.25) is 5.91 Å². The number of likely N-dealkylation sites (N-methyl/N-ethyl adjacent to an activating group) is 1. The van der Waals surface area contributed by atoms with E-state index in [1.54, 1.807) is 52.1 Å². The molecule has 1 saturated heterocycles. The van der Waals surface area contributed by atoms with Crippen molar-refractivity contribution in [3.05, 3.63) is 35.9 Å². The van der Waals surface area contributed by atoms with Crippen LogP contribution in [-0.2, 0) is 14.4 Å². The van der Waals surface area contributed by atoms with E-state index in [-0.39, 0.29) is 19.0 Å². The number of rotatable bonds is 5. The standard InChI is InChI=1S/C19H27N3O5/c1-19(2,3)26-18(25)22-12-15(10-14(22)11-16(20)23)21(4)27-17(24)13-8-6-5-7-9-13/h5-9,14-15H,10-12H2,1-4H3,(H2,20,23)/t14-,15-/m1/s1. The van der Waals surface area contributed by atoms with Crippen LogP contribution in [0, 0.1) is 0 Å². The fourth-order valence-corrected chi connectivity index (χ4v) is 2.96. The number of primary amides is 1. The van der Waals surface area contributed by atoms with E-state index in [0.29, 0.717) is 12.0 Å². The summed E-state index contributed by atoms with van der Waals surface area (Å²) in [6, 6.07) is 7.96. The summed E-state index contributed by atoms with van der Waals surface area (Å²) in [6.45, 7) is 5.59. The Morgan fingerprint density at radius 2 is 1.85 bits per heavy atom. The van der Waals surface area contributed by atoms with Crippen molar-refractivity contribution in [3.8, 4) is 0 Å². The Morgan fingerprint density at radius 3 is 2.41 bits per heavy atom. The van der Waals surface area contributed by atoms with Crippen molar-refractivity contribution in [2.24, 2.45) is 5.73 Å². The largest absolute Gasteiger partial charge is 0.444 e. The maximum Gasteiger partial charge on any atom is 0.410 e. The van der Waals surface area contributed by atoms with E-state index in [1.807, 2.05) is 6.07 Å². The number of hydrogen-bond donors (Lipinski definition) is 1. The van der Waals surface area contributed by atoms with Gasteiger partial charge < -0.3 is 20.2 Å². The first-order valence-electron chi connectivity index (χ1n) is 8.85. The highest BCUT2D eigenvalue weighted by Crippen LogP contribution is 2.26. The Balaban J connectivity index is 2.05. The van der Waals surface area contributed by atoms with Gasteiger partial charge in [0.25, 0.3) is 0 Å². The zero-order valence-electron chi connectivity index (χ0n) is 16.2. The van der Waals surface area contributed by atoms with Crippen molar-refractivity contribution < 1.29 is 24.0 Å². The van der Waals surface area contributed by atoms with Crippen molar-refractivity contribution in [2.75, 3.05) is 13.6 Å². The van der Waals surface area contributed by atoms with Crippen LogP contribution in [0.2, 0.25) is 0 Å². The Kier molecular flexibility index (Phi) is 6.43. The van der Waals surface area contributed by atoms with Gasteiger partial charge >= 0.3 is 12.1 Å². The molecular formula is C19H27N3O5. The molecule has 1 aliphatic heterocycles. The molecule has 2 atom stereocenters. The predicted octanol–water partition coefficient (Wildman–Crippen LogP) is 1.94. The molecule has 1 heterocycles. The van der Waals surface area contributed by atoms with Crippen LogP contribution in [0.25, 0.3) is 0 Å². The lowest BCUT2D eigenvalue weighted by Crippen LogP contribution is -2.42. The van der Waals surface area contributed by atoms with Gasteiger partial charge in [-0.3, -0.25) is 4.79 Å². The van der Waals surface area contributed by atoms with Gasteiger partial charge in [0.1, 0.15) is 5.60 Å². The minimum atomic E-state index is -0.655. The molecule has 27 heavy (non-hydrogen) atoms. The molecule has 1 aromatic rings. The fourth-order valence-electron chi connectivity index (χ4n) is 2.96. The van der Waals surface area contributed by atoms with Crippen LogP contribution in [-0.4, -0.2) is 59.2 Å². The van der Waals surface area contributed by atoms with Crippen molar-refractivity contribution in [1.29, 1.82) is 0 Å². The summed E-state index contributed by atoms with van der Waals surface area (Å²) in [5.41, 5.74) is 5.10. The van der Waals surface area contributed by atoms with Crippen molar-refractivity contribution in [3.63, 3.8) is 0 Å². The lowest BCUT2D eigenvalue weighted by molar-refractivity contribution is -0.119. The molecule has 1 fully saturated rings.